The minimum absolute atomic E-state index is 0.406. The maximum atomic E-state index is 15.0. The van der Waals surface area contributed by atoms with Gasteiger partial charge in [0.2, 0.25) is 0 Å². The highest BCUT2D eigenvalue weighted by Crippen LogP contribution is 2.46. The summed E-state index contributed by atoms with van der Waals surface area (Å²) in [7, 11) is 0. The lowest BCUT2D eigenvalue weighted by atomic mass is 9.10. The van der Waals surface area contributed by atoms with Crippen molar-refractivity contribution < 1.29 is 110 Å². The molecule has 1 N–H and O–H groups in total. The molecule has 0 bridgehead atoms. The number of alkyl halides is 24. The van der Waals surface area contributed by atoms with Gasteiger partial charge in [0.1, 0.15) is 6.15 Å². The van der Waals surface area contributed by atoms with Crippen LogP contribution in [0.4, 0.5) is 105 Å². The van der Waals surface area contributed by atoms with Crippen LogP contribution in [0.25, 0.3) is 0 Å². The van der Waals surface area contributed by atoms with Crippen LogP contribution in [0.2, 0.25) is 0 Å². The van der Waals surface area contributed by atoms with E-state index in [1.165, 1.54) is 58.2 Å². The average molecular weight is 1050 g/mol. The van der Waals surface area contributed by atoms with Crippen molar-refractivity contribution in [3.63, 3.8) is 0 Å². The summed E-state index contributed by atoms with van der Waals surface area (Å²) in [5, 5.41) is 0. The molecule has 0 aliphatic carbocycles. The van der Waals surface area contributed by atoms with E-state index in [-0.39, 0.29) is 0 Å². The fourth-order valence-electron chi connectivity index (χ4n) is 8.63. The van der Waals surface area contributed by atoms with E-state index < -0.39 is 195 Å². The zero-order valence-electron chi connectivity index (χ0n) is 36.4. The van der Waals surface area contributed by atoms with Gasteiger partial charge < -0.3 is 4.90 Å². The number of hydrogen-bond acceptors (Lipinski definition) is 0. The van der Waals surface area contributed by atoms with Gasteiger partial charge in [0.05, 0.1) is 19.6 Å². The van der Waals surface area contributed by atoms with Crippen molar-refractivity contribution in [2.24, 2.45) is 0 Å². The van der Waals surface area contributed by atoms with E-state index in [9.17, 15) is 0 Å². The Morgan fingerprint density at radius 3 is 0.543 bits per heavy atom. The number of hydrogen-bond donors (Lipinski definition) is 1. The summed E-state index contributed by atoms with van der Waals surface area (Å²) in [6, 6.07) is -8.09. The standard InChI is InChI=1S/C32H12BF24.C12H27N/c34-25(35,36)13-5-1-6-14(26(37,38)39)21(13)33(22-15(27(40,41)42)7-2-8-16(22)28(43,44)45,23-17(29(46,47)48)9-3-10-18(23)30(49,50)51)24-19(31(52,53)54)11-4-12-20(24)32(55,56)57;1-4-7-10-13(11-8-5-2)12-9-6-3/h1-12H;4-12H2,1-3H3/q-1;/p+1. The predicted molar refractivity (Wildman–Crippen MR) is 210 cm³/mol. The van der Waals surface area contributed by atoms with Crippen LogP contribution >= 0.6 is 0 Å². The summed E-state index contributed by atoms with van der Waals surface area (Å²) in [5.74, 6) is 0. The third-order valence-corrected chi connectivity index (χ3v) is 11.3. The summed E-state index contributed by atoms with van der Waals surface area (Å²) >= 11 is 0. The van der Waals surface area contributed by atoms with Crippen molar-refractivity contribution in [3.8, 4) is 0 Å². The minimum Gasteiger partial charge on any atom is -0.335 e. The normalized spacial score (nSPS) is 13.7. The predicted octanol–water partition coefficient (Wildman–Crippen LogP) is 13.5. The lowest BCUT2D eigenvalue weighted by Gasteiger charge is -2.52. The maximum Gasteiger partial charge on any atom is 0.413 e. The molecule has 4 rings (SSSR count). The summed E-state index contributed by atoms with van der Waals surface area (Å²) in [6.07, 6.45) is -54.2. The zero-order valence-corrected chi connectivity index (χ0v) is 36.4. The van der Waals surface area contributed by atoms with Gasteiger partial charge in [-0.25, -0.2) is 0 Å². The van der Waals surface area contributed by atoms with Gasteiger partial charge in [0.25, 0.3) is 0 Å². The first-order valence-corrected chi connectivity index (χ1v) is 20.8. The van der Waals surface area contributed by atoms with Gasteiger partial charge in [-0.2, -0.15) is 127 Å². The molecule has 70 heavy (non-hydrogen) atoms. The Kier molecular flexibility index (Phi) is 18.3. The van der Waals surface area contributed by atoms with Crippen molar-refractivity contribution in [3.05, 3.63) is 117 Å². The van der Waals surface area contributed by atoms with Crippen LogP contribution in [0.3, 0.4) is 0 Å². The molecule has 0 aliphatic rings. The largest absolute Gasteiger partial charge is 0.413 e. The monoisotopic (exact) mass is 1050 g/mol. The first-order valence-electron chi connectivity index (χ1n) is 20.8. The Balaban J connectivity index is 0.000000869. The lowest BCUT2D eigenvalue weighted by molar-refractivity contribution is -0.900. The molecule has 0 heterocycles. The van der Waals surface area contributed by atoms with E-state index in [2.05, 4.69) is 20.8 Å². The molecule has 0 saturated carbocycles. The molecule has 0 aliphatic heterocycles. The smallest absolute Gasteiger partial charge is 0.335 e. The summed E-state index contributed by atoms with van der Waals surface area (Å²) in [6.45, 7) is 11.1. The molecule has 0 aromatic heterocycles. The summed E-state index contributed by atoms with van der Waals surface area (Å²) in [5.41, 5.74) is -42.7. The van der Waals surface area contributed by atoms with Crippen molar-refractivity contribution in [2.75, 3.05) is 19.6 Å². The Hall–Kier alpha value is -4.78. The molecule has 4 aromatic rings. The molecule has 0 unspecified atom stereocenters. The Morgan fingerprint density at radius 2 is 0.429 bits per heavy atom. The fourth-order valence-corrected chi connectivity index (χ4v) is 8.63. The Morgan fingerprint density at radius 1 is 0.286 bits per heavy atom. The number of halogens is 24. The van der Waals surface area contributed by atoms with Gasteiger partial charge in [0, 0.05) is 44.5 Å². The highest BCUT2D eigenvalue weighted by atomic mass is 19.4. The summed E-state index contributed by atoms with van der Waals surface area (Å²) in [4.78, 5) is 1.84. The van der Waals surface area contributed by atoms with Crippen molar-refractivity contribution in [1.82, 2.24) is 0 Å². The number of quaternary nitrogens is 1. The van der Waals surface area contributed by atoms with Crippen molar-refractivity contribution >= 4 is 28.0 Å². The van der Waals surface area contributed by atoms with Crippen LogP contribution in [0, 0.1) is 0 Å². The van der Waals surface area contributed by atoms with Crippen LogP contribution in [0.5, 0.6) is 0 Å². The number of rotatable bonds is 13. The van der Waals surface area contributed by atoms with Crippen molar-refractivity contribution in [1.29, 1.82) is 0 Å². The van der Waals surface area contributed by atoms with Gasteiger partial charge in [-0.1, -0.05) is 113 Å². The molecule has 0 saturated heterocycles. The van der Waals surface area contributed by atoms with Gasteiger partial charge >= 0.3 is 49.4 Å². The molecular formula is C44H40BF24N. The second-order valence-corrected chi connectivity index (χ2v) is 16.0. The molecule has 392 valence electrons. The highest BCUT2D eigenvalue weighted by molar-refractivity contribution is 7.21. The number of benzene rings is 4. The highest BCUT2D eigenvalue weighted by Gasteiger charge is 2.59. The first kappa shape index (κ1) is 59.5. The molecule has 4 aromatic carbocycles. The first-order chi connectivity index (χ1) is 31.7. The third kappa shape index (κ3) is 13.4. The van der Waals surface area contributed by atoms with Gasteiger partial charge in [0.15, 0.2) is 0 Å². The Labute approximate surface area is 383 Å². The van der Waals surface area contributed by atoms with Gasteiger partial charge in [-0.3, -0.25) is 0 Å². The van der Waals surface area contributed by atoms with Crippen LogP contribution in [0.15, 0.2) is 72.8 Å². The molecular weight excluding hydrogens is 1010 g/mol. The zero-order chi connectivity index (χ0) is 53.9. The van der Waals surface area contributed by atoms with Gasteiger partial charge in [-0.15, -0.1) is 0 Å². The van der Waals surface area contributed by atoms with E-state index in [4.69, 9.17) is 0 Å². The van der Waals surface area contributed by atoms with Crippen LogP contribution < -0.4 is 26.8 Å². The third-order valence-electron chi connectivity index (χ3n) is 11.3. The molecule has 0 amide bonds. The fraction of sp³-hybridized carbons (Fsp3) is 0.455. The topological polar surface area (TPSA) is 4.44 Å². The van der Waals surface area contributed by atoms with Crippen molar-refractivity contribution in [2.45, 2.75) is 109 Å². The Bertz CT molecular complexity index is 1900. The van der Waals surface area contributed by atoms with Crippen LogP contribution in [0.1, 0.15) is 104 Å². The van der Waals surface area contributed by atoms with Gasteiger partial charge in [-0.05, 0) is 19.3 Å². The maximum absolute atomic E-state index is 15.0. The average Bonchev–Trinajstić information content (AvgIpc) is 3.21. The quantitative estimate of drug-likeness (QED) is 0.101. The molecule has 26 heteroatoms. The molecule has 0 atom stereocenters. The molecule has 0 fully saturated rings. The molecule has 0 radical (unpaired) electrons. The van der Waals surface area contributed by atoms with E-state index >= 15 is 105 Å². The van der Waals surface area contributed by atoms with E-state index in [1.54, 1.807) is 0 Å². The number of nitrogens with one attached hydrogen (secondary N) is 1. The minimum atomic E-state index is -7.76. The molecule has 1 nitrogen and oxygen atoms in total. The van der Waals surface area contributed by atoms with E-state index in [1.807, 2.05) is 4.90 Å². The summed E-state index contributed by atoms with van der Waals surface area (Å²) < 4.78 is 360. The van der Waals surface area contributed by atoms with Crippen LogP contribution in [-0.2, 0) is 49.4 Å². The van der Waals surface area contributed by atoms with E-state index in [0.717, 1.165) is 0 Å². The second kappa shape index (κ2) is 21.5. The SMILES string of the molecule is CCCC[NH+](CCCC)CCCC.FC(F)(F)c1cccc(C(F)(F)F)c1[B-](c1c(C(F)(F)F)cccc1C(F)(F)F)(c1c(C(F)(F)F)cccc1C(F)(F)F)c1c(C(F)(F)F)cccc1C(F)(F)F. The molecule has 0 spiro atoms. The number of unbranched alkanes of at least 4 members (excludes halogenated alkanes) is 3. The lowest BCUT2D eigenvalue weighted by Crippen LogP contribution is -3.12. The van der Waals surface area contributed by atoms with Crippen LogP contribution in [-0.4, -0.2) is 25.8 Å². The second-order valence-electron chi connectivity index (χ2n) is 16.0. The van der Waals surface area contributed by atoms with E-state index in [0.29, 0.717) is 0 Å².